The van der Waals surface area contributed by atoms with Crippen LogP contribution in [0.5, 0.6) is 11.5 Å². The van der Waals surface area contributed by atoms with Crippen molar-refractivity contribution in [3.63, 3.8) is 0 Å². The predicted molar refractivity (Wildman–Crippen MR) is 96.4 cm³/mol. The second-order valence-corrected chi connectivity index (χ2v) is 6.78. The summed E-state index contributed by atoms with van der Waals surface area (Å²) in [4.78, 5) is 12.2. The number of fused-ring (bicyclic) bond motifs is 2. The third-order valence-corrected chi connectivity index (χ3v) is 4.90. The number of rotatable bonds is 5. The van der Waals surface area contributed by atoms with Gasteiger partial charge in [-0.25, -0.2) is 0 Å². The monoisotopic (exact) mass is 337 g/mol. The van der Waals surface area contributed by atoms with Crippen LogP contribution >= 0.6 is 0 Å². The minimum Gasteiger partial charge on any atom is -0.493 e. The van der Waals surface area contributed by atoms with Gasteiger partial charge in [0.1, 0.15) is 11.5 Å². The van der Waals surface area contributed by atoms with E-state index in [0.29, 0.717) is 13.0 Å². The SMILES string of the molecule is Cc1cccc(CC(=O)NCCc2c3c(cc4c2OCC4)OCC3)c1. The second-order valence-electron chi connectivity index (χ2n) is 6.78. The van der Waals surface area contributed by atoms with Crippen molar-refractivity contribution < 1.29 is 14.3 Å². The van der Waals surface area contributed by atoms with Gasteiger partial charge < -0.3 is 14.8 Å². The summed E-state index contributed by atoms with van der Waals surface area (Å²) in [5.41, 5.74) is 5.95. The molecule has 0 bridgehead atoms. The van der Waals surface area contributed by atoms with Gasteiger partial charge in [-0.05, 0) is 25.0 Å². The van der Waals surface area contributed by atoms with E-state index in [9.17, 15) is 4.79 Å². The van der Waals surface area contributed by atoms with Crippen LogP contribution < -0.4 is 14.8 Å². The average Bonchev–Trinajstić information content (AvgIpc) is 3.22. The Bertz CT molecular complexity index is 781. The van der Waals surface area contributed by atoms with Crippen molar-refractivity contribution in [1.82, 2.24) is 5.32 Å². The van der Waals surface area contributed by atoms with Crippen molar-refractivity contribution in [2.24, 2.45) is 0 Å². The van der Waals surface area contributed by atoms with Gasteiger partial charge in [0.05, 0.1) is 19.6 Å². The van der Waals surface area contributed by atoms with Crippen LogP contribution in [0.3, 0.4) is 0 Å². The van der Waals surface area contributed by atoms with Gasteiger partial charge in [0.15, 0.2) is 0 Å². The summed E-state index contributed by atoms with van der Waals surface area (Å²) in [6, 6.07) is 10.2. The molecule has 1 N–H and O–H groups in total. The molecule has 2 heterocycles. The lowest BCUT2D eigenvalue weighted by Gasteiger charge is -2.13. The number of carbonyl (C=O) groups is 1. The van der Waals surface area contributed by atoms with Crippen molar-refractivity contribution >= 4 is 5.91 Å². The Kier molecular flexibility index (Phi) is 4.35. The van der Waals surface area contributed by atoms with Crippen molar-refractivity contribution in [2.75, 3.05) is 19.8 Å². The van der Waals surface area contributed by atoms with Crippen molar-refractivity contribution in [1.29, 1.82) is 0 Å². The Labute approximate surface area is 148 Å². The molecule has 2 aromatic rings. The van der Waals surface area contributed by atoms with Crippen LogP contribution in [-0.2, 0) is 30.5 Å². The van der Waals surface area contributed by atoms with Gasteiger partial charge >= 0.3 is 0 Å². The molecule has 130 valence electrons. The molecule has 2 aromatic carbocycles. The van der Waals surface area contributed by atoms with Gasteiger partial charge in [0.25, 0.3) is 0 Å². The molecule has 0 unspecified atom stereocenters. The molecule has 0 fully saturated rings. The molecular weight excluding hydrogens is 314 g/mol. The van der Waals surface area contributed by atoms with E-state index in [1.165, 1.54) is 22.3 Å². The number of nitrogens with one attached hydrogen (secondary N) is 1. The maximum atomic E-state index is 12.2. The van der Waals surface area contributed by atoms with Gasteiger partial charge in [-0.2, -0.15) is 0 Å². The number of aryl methyl sites for hydroxylation is 1. The summed E-state index contributed by atoms with van der Waals surface area (Å²) >= 11 is 0. The zero-order valence-corrected chi connectivity index (χ0v) is 14.6. The van der Waals surface area contributed by atoms with Gasteiger partial charge in [-0.1, -0.05) is 29.8 Å². The summed E-state index contributed by atoms with van der Waals surface area (Å²) in [5.74, 6) is 2.09. The van der Waals surface area contributed by atoms with E-state index in [1.54, 1.807) is 0 Å². The molecule has 2 aliphatic rings. The minimum atomic E-state index is 0.0620. The summed E-state index contributed by atoms with van der Waals surface area (Å²) in [6.45, 7) is 4.15. The van der Waals surface area contributed by atoms with E-state index < -0.39 is 0 Å². The molecule has 1 amide bonds. The first-order chi connectivity index (χ1) is 12.2. The zero-order chi connectivity index (χ0) is 17.2. The van der Waals surface area contributed by atoms with E-state index in [-0.39, 0.29) is 5.91 Å². The molecule has 4 heteroatoms. The van der Waals surface area contributed by atoms with Gasteiger partial charge in [-0.3, -0.25) is 4.79 Å². The predicted octanol–water partition coefficient (Wildman–Crippen LogP) is 2.77. The molecule has 4 nitrogen and oxygen atoms in total. The maximum Gasteiger partial charge on any atom is 0.224 e. The normalized spacial score (nSPS) is 14.4. The van der Waals surface area contributed by atoms with E-state index in [1.807, 2.05) is 25.1 Å². The molecule has 0 aromatic heterocycles. The van der Waals surface area contributed by atoms with Crippen LogP contribution in [-0.4, -0.2) is 25.7 Å². The number of amides is 1. The Hall–Kier alpha value is -2.49. The number of hydrogen-bond donors (Lipinski definition) is 1. The molecule has 4 rings (SSSR count). The lowest BCUT2D eigenvalue weighted by molar-refractivity contribution is -0.120. The maximum absolute atomic E-state index is 12.2. The van der Waals surface area contributed by atoms with E-state index in [0.717, 1.165) is 49.5 Å². The standard InChI is InChI=1S/C21H23NO3/c1-14-3-2-4-15(11-14)12-20(23)22-8-5-18-17-7-10-24-19(17)13-16-6-9-25-21(16)18/h2-4,11,13H,5-10,12H2,1H3,(H,22,23). The number of ether oxygens (including phenoxy) is 2. The van der Waals surface area contributed by atoms with Crippen molar-refractivity contribution in [3.05, 3.63) is 58.1 Å². The van der Waals surface area contributed by atoms with Crippen LogP contribution in [0.15, 0.2) is 30.3 Å². The molecule has 0 aliphatic carbocycles. The lowest BCUT2D eigenvalue weighted by atomic mass is 9.97. The smallest absolute Gasteiger partial charge is 0.224 e. The third-order valence-electron chi connectivity index (χ3n) is 4.90. The molecule has 2 aliphatic heterocycles. The Balaban J connectivity index is 1.40. The van der Waals surface area contributed by atoms with Crippen LogP contribution in [0.4, 0.5) is 0 Å². The third kappa shape index (κ3) is 3.34. The lowest BCUT2D eigenvalue weighted by Crippen LogP contribution is -2.27. The van der Waals surface area contributed by atoms with E-state index >= 15 is 0 Å². The molecule has 0 saturated heterocycles. The highest BCUT2D eigenvalue weighted by atomic mass is 16.5. The van der Waals surface area contributed by atoms with Gasteiger partial charge in [0.2, 0.25) is 5.91 Å². The summed E-state index contributed by atoms with van der Waals surface area (Å²) < 4.78 is 11.6. The van der Waals surface area contributed by atoms with Crippen LogP contribution in [0.1, 0.15) is 27.8 Å². The Morgan fingerprint density at radius 1 is 1.16 bits per heavy atom. The van der Waals surface area contributed by atoms with E-state index in [2.05, 4.69) is 17.4 Å². The fourth-order valence-corrected chi connectivity index (χ4v) is 3.75. The highest BCUT2D eigenvalue weighted by Crippen LogP contribution is 2.40. The highest BCUT2D eigenvalue weighted by molar-refractivity contribution is 5.78. The first-order valence-electron chi connectivity index (χ1n) is 8.96. The van der Waals surface area contributed by atoms with Crippen LogP contribution in [0, 0.1) is 6.92 Å². The summed E-state index contributed by atoms with van der Waals surface area (Å²) in [7, 11) is 0. The first-order valence-corrected chi connectivity index (χ1v) is 8.96. The van der Waals surface area contributed by atoms with Gasteiger partial charge in [0, 0.05) is 36.1 Å². The fourth-order valence-electron chi connectivity index (χ4n) is 3.75. The topological polar surface area (TPSA) is 47.6 Å². The average molecular weight is 337 g/mol. The fraction of sp³-hybridized carbons (Fsp3) is 0.381. The second kappa shape index (κ2) is 6.79. The number of hydrogen-bond acceptors (Lipinski definition) is 3. The first kappa shape index (κ1) is 16.0. The largest absolute Gasteiger partial charge is 0.493 e. The molecule has 0 spiro atoms. The molecule has 0 saturated carbocycles. The molecule has 25 heavy (non-hydrogen) atoms. The van der Waals surface area contributed by atoms with Crippen molar-refractivity contribution in [3.8, 4) is 11.5 Å². The molecular formula is C21H23NO3. The minimum absolute atomic E-state index is 0.0620. The van der Waals surface area contributed by atoms with E-state index in [4.69, 9.17) is 9.47 Å². The molecule has 0 atom stereocenters. The van der Waals surface area contributed by atoms with Crippen LogP contribution in [0.25, 0.3) is 0 Å². The Morgan fingerprint density at radius 3 is 2.92 bits per heavy atom. The van der Waals surface area contributed by atoms with Crippen LogP contribution in [0.2, 0.25) is 0 Å². The van der Waals surface area contributed by atoms with Gasteiger partial charge in [-0.15, -0.1) is 0 Å². The number of carbonyl (C=O) groups excluding carboxylic acids is 1. The highest BCUT2D eigenvalue weighted by Gasteiger charge is 2.26. The quantitative estimate of drug-likeness (QED) is 0.913. The summed E-state index contributed by atoms with van der Waals surface area (Å²) in [5, 5.41) is 3.05. The zero-order valence-electron chi connectivity index (χ0n) is 14.6. The Morgan fingerprint density at radius 2 is 2.04 bits per heavy atom. The molecule has 0 radical (unpaired) electrons. The van der Waals surface area contributed by atoms with Crippen molar-refractivity contribution in [2.45, 2.75) is 32.6 Å². The summed E-state index contributed by atoms with van der Waals surface area (Å²) in [6.07, 6.45) is 3.08. The number of benzene rings is 2.